The highest BCUT2D eigenvalue weighted by Gasteiger charge is 2.20. The van der Waals surface area contributed by atoms with Gasteiger partial charge in [-0.1, -0.05) is 30.3 Å². The van der Waals surface area contributed by atoms with Crippen molar-refractivity contribution in [3.8, 4) is 0 Å². The Bertz CT molecular complexity index is 407. The summed E-state index contributed by atoms with van der Waals surface area (Å²) in [6.07, 6.45) is 0.486. The first-order valence-electron chi connectivity index (χ1n) is 6.85. The molecule has 0 aliphatic carbocycles. The minimum Gasteiger partial charge on any atom is -0.344 e. The Labute approximate surface area is 115 Å². The molecule has 0 bridgehead atoms. The maximum Gasteiger partial charge on any atom is 0.226 e. The van der Waals surface area contributed by atoms with Crippen LogP contribution in [0.1, 0.15) is 5.56 Å². The van der Waals surface area contributed by atoms with Crippen molar-refractivity contribution in [2.24, 2.45) is 0 Å². The van der Waals surface area contributed by atoms with Gasteiger partial charge in [0.2, 0.25) is 5.91 Å². The van der Waals surface area contributed by atoms with Crippen molar-refractivity contribution in [3.63, 3.8) is 0 Å². The molecule has 1 amide bonds. The first-order valence-corrected chi connectivity index (χ1v) is 6.85. The lowest BCUT2D eigenvalue weighted by molar-refractivity contribution is -0.129. The highest BCUT2D eigenvalue weighted by molar-refractivity contribution is 5.78. The molecular weight excluding hydrogens is 238 g/mol. The molecule has 1 heterocycles. The summed E-state index contributed by atoms with van der Waals surface area (Å²) >= 11 is 0. The first-order chi connectivity index (χ1) is 9.15. The molecular formula is C15H23N3O. The number of carbonyl (C=O) groups excluding carboxylic acids is 1. The van der Waals surface area contributed by atoms with Gasteiger partial charge in [-0.2, -0.15) is 0 Å². The molecule has 1 aromatic carbocycles. The third-order valence-corrected chi connectivity index (χ3v) is 3.58. The number of likely N-dealkylation sites (N-methyl/N-ethyl adjacent to an activating group) is 2. The van der Waals surface area contributed by atoms with Crippen molar-refractivity contribution in [2.75, 3.05) is 40.3 Å². The van der Waals surface area contributed by atoms with Crippen molar-refractivity contribution >= 4 is 5.91 Å². The van der Waals surface area contributed by atoms with E-state index in [0.717, 1.165) is 31.7 Å². The quantitative estimate of drug-likeness (QED) is 0.862. The van der Waals surface area contributed by atoms with E-state index in [9.17, 15) is 4.79 Å². The number of piperazine rings is 1. The smallest absolute Gasteiger partial charge is 0.226 e. The van der Waals surface area contributed by atoms with Gasteiger partial charge in [-0.15, -0.1) is 0 Å². The highest BCUT2D eigenvalue weighted by Crippen LogP contribution is 2.04. The molecule has 1 saturated heterocycles. The Balaban J connectivity index is 1.82. The maximum atomic E-state index is 12.2. The summed E-state index contributed by atoms with van der Waals surface area (Å²) in [4.78, 5) is 16.3. The van der Waals surface area contributed by atoms with Crippen LogP contribution in [0.2, 0.25) is 0 Å². The molecule has 1 aliphatic heterocycles. The van der Waals surface area contributed by atoms with Crippen LogP contribution in [0.4, 0.5) is 0 Å². The zero-order valence-electron chi connectivity index (χ0n) is 11.8. The van der Waals surface area contributed by atoms with Gasteiger partial charge in [0, 0.05) is 39.3 Å². The number of hydrogen-bond acceptors (Lipinski definition) is 3. The van der Waals surface area contributed by atoms with Crippen LogP contribution in [0, 0.1) is 0 Å². The summed E-state index contributed by atoms with van der Waals surface area (Å²) in [5, 5.41) is 3.46. The predicted molar refractivity (Wildman–Crippen MR) is 77.1 cm³/mol. The van der Waals surface area contributed by atoms with E-state index in [0.29, 0.717) is 12.5 Å². The van der Waals surface area contributed by atoms with E-state index >= 15 is 0 Å². The Morgan fingerprint density at radius 2 is 2.16 bits per heavy atom. The molecule has 1 aliphatic rings. The SMILES string of the molecule is CN1CCNC(CN(C)C(=O)Cc2ccccc2)C1. The van der Waals surface area contributed by atoms with Gasteiger partial charge in [-0.25, -0.2) is 0 Å². The maximum absolute atomic E-state index is 12.2. The third-order valence-electron chi connectivity index (χ3n) is 3.58. The molecule has 104 valence electrons. The summed E-state index contributed by atoms with van der Waals surface area (Å²) in [5.41, 5.74) is 1.08. The summed E-state index contributed by atoms with van der Waals surface area (Å²) < 4.78 is 0. The molecule has 2 rings (SSSR count). The van der Waals surface area contributed by atoms with E-state index in [1.807, 2.05) is 42.3 Å². The second kappa shape index (κ2) is 6.68. The average Bonchev–Trinajstić information content (AvgIpc) is 2.40. The van der Waals surface area contributed by atoms with Gasteiger partial charge < -0.3 is 15.1 Å². The molecule has 0 saturated carbocycles. The van der Waals surface area contributed by atoms with Gasteiger partial charge in [-0.3, -0.25) is 4.79 Å². The van der Waals surface area contributed by atoms with Crippen LogP contribution in [-0.2, 0) is 11.2 Å². The van der Waals surface area contributed by atoms with Gasteiger partial charge in [-0.05, 0) is 12.6 Å². The Hall–Kier alpha value is -1.39. The monoisotopic (exact) mass is 261 g/mol. The number of nitrogens with zero attached hydrogens (tertiary/aromatic N) is 2. The van der Waals surface area contributed by atoms with Crippen LogP contribution in [0.15, 0.2) is 30.3 Å². The highest BCUT2D eigenvalue weighted by atomic mass is 16.2. The van der Waals surface area contributed by atoms with E-state index in [-0.39, 0.29) is 5.91 Å². The largest absolute Gasteiger partial charge is 0.344 e. The fraction of sp³-hybridized carbons (Fsp3) is 0.533. The van der Waals surface area contributed by atoms with Gasteiger partial charge in [0.05, 0.1) is 6.42 Å². The Kier molecular flexibility index (Phi) is 4.93. The summed E-state index contributed by atoms with van der Waals surface area (Å²) in [6.45, 7) is 3.86. The van der Waals surface area contributed by atoms with Crippen molar-refractivity contribution in [2.45, 2.75) is 12.5 Å². The Morgan fingerprint density at radius 1 is 1.42 bits per heavy atom. The van der Waals surface area contributed by atoms with Crippen molar-refractivity contribution in [1.29, 1.82) is 0 Å². The topological polar surface area (TPSA) is 35.6 Å². The fourth-order valence-electron chi connectivity index (χ4n) is 2.45. The summed E-state index contributed by atoms with van der Waals surface area (Å²) in [6, 6.07) is 10.3. The van der Waals surface area contributed by atoms with Crippen LogP contribution < -0.4 is 5.32 Å². The van der Waals surface area contributed by atoms with Crippen LogP contribution >= 0.6 is 0 Å². The van der Waals surface area contributed by atoms with Crippen LogP contribution in [0.5, 0.6) is 0 Å². The number of hydrogen-bond donors (Lipinski definition) is 1. The minimum absolute atomic E-state index is 0.182. The van der Waals surface area contributed by atoms with Gasteiger partial charge in [0.1, 0.15) is 0 Å². The number of amides is 1. The predicted octanol–water partition coefficient (Wildman–Crippen LogP) is 0.591. The molecule has 0 aromatic heterocycles. The van der Waals surface area contributed by atoms with E-state index in [2.05, 4.69) is 17.3 Å². The molecule has 1 N–H and O–H groups in total. The summed E-state index contributed by atoms with van der Waals surface area (Å²) in [7, 11) is 4.02. The zero-order valence-corrected chi connectivity index (χ0v) is 11.8. The van der Waals surface area contributed by atoms with Gasteiger partial charge >= 0.3 is 0 Å². The molecule has 19 heavy (non-hydrogen) atoms. The lowest BCUT2D eigenvalue weighted by atomic mass is 10.1. The van der Waals surface area contributed by atoms with E-state index in [1.165, 1.54) is 0 Å². The van der Waals surface area contributed by atoms with Crippen LogP contribution in [0.25, 0.3) is 0 Å². The number of nitrogens with one attached hydrogen (secondary N) is 1. The van der Waals surface area contributed by atoms with Crippen molar-refractivity contribution in [3.05, 3.63) is 35.9 Å². The molecule has 1 unspecified atom stereocenters. The normalized spacial score (nSPS) is 20.2. The van der Waals surface area contributed by atoms with E-state index in [1.54, 1.807) is 0 Å². The van der Waals surface area contributed by atoms with Crippen LogP contribution in [-0.4, -0.2) is 62.0 Å². The van der Waals surface area contributed by atoms with Gasteiger partial charge in [0.25, 0.3) is 0 Å². The fourth-order valence-corrected chi connectivity index (χ4v) is 2.45. The average molecular weight is 261 g/mol. The third kappa shape index (κ3) is 4.33. The number of benzene rings is 1. The van der Waals surface area contributed by atoms with E-state index < -0.39 is 0 Å². The Morgan fingerprint density at radius 3 is 2.84 bits per heavy atom. The minimum atomic E-state index is 0.182. The first kappa shape index (κ1) is 14.0. The molecule has 0 spiro atoms. The van der Waals surface area contributed by atoms with Crippen LogP contribution in [0.3, 0.4) is 0 Å². The lowest BCUT2D eigenvalue weighted by Crippen LogP contribution is -2.54. The zero-order chi connectivity index (χ0) is 13.7. The number of carbonyl (C=O) groups is 1. The molecule has 4 heteroatoms. The summed E-state index contributed by atoms with van der Waals surface area (Å²) in [5.74, 6) is 0.182. The lowest BCUT2D eigenvalue weighted by Gasteiger charge is -2.33. The molecule has 1 atom stereocenters. The van der Waals surface area contributed by atoms with E-state index in [4.69, 9.17) is 0 Å². The standard InChI is InChI=1S/C15H23N3O/c1-17-9-8-16-14(11-17)12-18(2)15(19)10-13-6-4-3-5-7-13/h3-7,14,16H,8-12H2,1-2H3. The van der Waals surface area contributed by atoms with Crippen molar-refractivity contribution in [1.82, 2.24) is 15.1 Å². The molecule has 1 fully saturated rings. The second-order valence-electron chi connectivity index (χ2n) is 5.35. The molecule has 4 nitrogen and oxygen atoms in total. The molecule has 1 aromatic rings. The van der Waals surface area contributed by atoms with Crippen molar-refractivity contribution < 1.29 is 4.79 Å². The van der Waals surface area contributed by atoms with Gasteiger partial charge in [0.15, 0.2) is 0 Å². The second-order valence-corrected chi connectivity index (χ2v) is 5.35. The number of rotatable bonds is 4. The molecule has 0 radical (unpaired) electrons.